The third kappa shape index (κ3) is 3.92. The van der Waals surface area contributed by atoms with E-state index in [1.165, 1.54) is 0 Å². The van der Waals surface area contributed by atoms with Gasteiger partial charge >= 0.3 is 0 Å². The van der Waals surface area contributed by atoms with Crippen LogP contribution in [-0.4, -0.2) is 19.5 Å². The van der Waals surface area contributed by atoms with E-state index in [0.29, 0.717) is 12.5 Å². The van der Waals surface area contributed by atoms with Gasteiger partial charge in [-0.15, -0.1) is 0 Å². The van der Waals surface area contributed by atoms with Crippen molar-refractivity contribution in [2.75, 3.05) is 13.7 Å². The first-order valence-corrected chi connectivity index (χ1v) is 7.53. The third-order valence-electron chi connectivity index (χ3n) is 4.16. The van der Waals surface area contributed by atoms with Crippen molar-refractivity contribution in [1.29, 1.82) is 0 Å². The van der Waals surface area contributed by atoms with Gasteiger partial charge in [0.2, 0.25) is 0 Å². The maximum Gasteiger partial charge on any atom is 0.171 e. The zero-order valence-electron chi connectivity index (χ0n) is 13.5. The Hall–Kier alpha value is -1.15. The number of ketones is 1. The Labute approximate surface area is 123 Å². The molecule has 0 fully saturated rings. The standard InChI is InChI=1S/C18H28O2/c1-14(2)11-12-18(13-20-5,15(3)4)17(19)16-9-7-6-8-10-16/h6-10,14-15H,11-13H2,1-5H3. The highest BCUT2D eigenvalue weighted by Crippen LogP contribution is 2.38. The van der Waals surface area contributed by atoms with Crippen LogP contribution < -0.4 is 0 Å². The molecule has 1 aromatic rings. The van der Waals surface area contributed by atoms with Gasteiger partial charge in [0.15, 0.2) is 5.78 Å². The van der Waals surface area contributed by atoms with Crippen molar-refractivity contribution in [3.8, 4) is 0 Å². The van der Waals surface area contributed by atoms with Crippen LogP contribution in [0.15, 0.2) is 30.3 Å². The molecule has 0 aliphatic carbocycles. The predicted octanol–water partition coefficient (Wildman–Crippen LogP) is 4.59. The highest BCUT2D eigenvalue weighted by atomic mass is 16.5. The van der Waals surface area contributed by atoms with Crippen LogP contribution in [0.3, 0.4) is 0 Å². The van der Waals surface area contributed by atoms with Crippen molar-refractivity contribution < 1.29 is 9.53 Å². The van der Waals surface area contributed by atoms with Gasteiger partial charge in [0.25, 0.3) is 0 Å². The maximum absolute atomic E-state index is 13.0. The minimum absolute atomic E-state index is 0.218. The summed E-state index contributed by atoms with van der Waals surface area (Å²) in [5.41, 5.74) is 0.377. The number of benzene rings is 1. The molecule has 2 heteroatoms. The number of ether oxygens (including phenoxy) is 1. The first kappa shape index (κ1) is 16.9. The maximum atomic E-state index is 13.0. The molecule has 0 saturated carbocycles. The fourth-order valence-corrected chi connectivity index (χ4v) is 2.65. The van der Waals surface area contributed by atoms with Crippen molar-refractivity contribution >= 4 is 5.78 Å². The number of hydrogen-bond acceptors (Lipinski definition) is 2. The molecule has 0 bridgehead atoms. The van der Waals surface area contributed by atoms with E-state index in [1.807, 2.05) is 30.3 Å². The Balaban J connectivity index is 3.10. The minimum atomic E-state index is -0.416. The lowest BCUT2D eigenvalue weighted by Gasteiger charge is -2.36. The van der Waals surface area contributed by atoms with Gasteiger partial charge in [0.05, 0.1) is 12.0 Å². The average molecular weight is 276 g/mol. The van der Waals surface area contributed by atoms with Crippen molar-refractivity contribution in [3.63, 3.8) is 0 Å². The molecule has 0 amide bonds. The van der Waals surface area contributed by atoms with Crippen LogP contribution in [0.2, 0.25) is 0 Å². The Morgan fingerprint density at radius 1 is 1.15 bits per heavy atom. The van der Waals surface area contributed by atoms with Crippen LogP contribution in [0, 0.1) is 17.3 Å². The van der Waals surface area contributed by atoms with Crippen molar-refractivity contribution in [2.24, 2.45) is 17.3 Å². The number of carbonyl (C=O) groups excluding carboxylic acids is 1. The first-order valence-electron chi connectivity index (χ1n) is 7.53. The quantitative estimate of drug-likeness (QED) is 0.649. The van der Waals surface area contributed by atoms with Gasteiger partial charge in [-0.3, -0.25) is 4.79 Å². The molecule has 1 rings (SSSR count). The molecule has 112 valence electrons. The molecule has 0 aromatic heterocycles. The molecule has 0 aliphatic rings. The van der Waals surface area contributed by atoms with Crippen LogP contribution in [0.1, 0.15) is 50.9 Å². The van der Waals surface area contributed by atoms with E-state index in [1.54, 1.807) is 7.11 Å². The second-order valence-electron chi connectivity index (χ2n) is 6.37. The smallest absolute Gasteiger partial charge is 0.171 e. The number of hydrogen-bond donors (Lipinski definition) is 0. The normalized spacial score (nSPS) is 14.6. The summed E-state index contributed by atoms with van der Waals surface area (Å²) in [5.74, 6) is 1.07. The fourth-order valence-electron chi connectivity index (χ4n) is 2.65. The number of rotatable bonds is 8. The molecule has 0 N–H and O–H groups in total. The zero-order chi connectivity index (χ0) is 15.2. The summed E-state index contributed by atoms with van der Waals surface area (Å²) in [5, 5.41) is 0. The summed E-state index contributed by atoms with van der Waals surface area (Å²) in [6, 6.07) is 9.61. The molecular formula is C18H28O2. The number of carbonyl (C=O) groups is 1. The average Bonchev–Trinajstić information content (AvgIpc) is 2.43. The summed E-state index contributed by atoms with van der Waals surface area (Å²) in [6.07, 6.45) is 1.92. The van der Waals surface area contributed by atoms with Gasteiger partial charge in [-0.2, -0.15) is 0 Å². The van der Waals surface area contributed by atoms with E-state index in [9.17, 15) is 4.79 Å². The van der Waals surface area contributed by atoms with Crippen molar-refractivity contribution in [2.45, 2.75) is 40.5 Å². The van der Waals surface area contributed by atoms with Crippen LogP contribution >= 0.6 is 0 Å². The highest BCUT2D eigenvalue weighted by molar-refractivity contribution is 6.00. The Kier molecular flexibility index (Phi) is 6.41. The van der Waals surface area contributed by atoms with Gasteiger partial charge in [-0.1, -0.05) is 58.0 Å². The molecule has 0 heterocycles. The third-order valence-corrected chi connectivity index (χ3v) is 4.16. The van der Waals surface area contributed by atoms with Crippen molar-refractivity contribution in [3.05, 3.63) is 35.9 Å². The Morgan fingerprint density at radius 2 is 1.75 bits per heavy atom. The van der Waals surface area contributed by atoms with E-state index in [-0.39, 0.29) is 11.7 Å². The fraction of sp³-hybridized carbons (Fsp3) is 0.611. The molecule has 1 atom stereocenters. The topological polar surface area (TPSA) is 26.3 Å². The van der Waals surface area contributed by atoms with Crippen LogP contribution in [-0.2, 0) is 4.74 Å². The summed E-state index contributed by atoms with van der Waals surface area (Å²) in [6.45, 7) is 9.14. The second-order valence-corrected chi connectivity index (χ2v) is 6.37. The second kappa shape index (κ2) is 7.58. The molecule has 20 heavy (non-hydrogen) atoms. The molecule has 0 spiro atoms. The lowest BCUT2D eigenvalue weighted by molar-refractivity contribution is 0.0281. The monoisotopic (exact) mass is 276 g/mol. The molecule has 0 aliphatic heterocycles. The lowest BCUT2D eigenvalue weighted by atomic mass is 9.68. The van der Waals surface area contributed by atoms with E-state index in [4.69, 9.17) is 4.74 Å². The molecule has 0 saturated heterocycles. The molecule has 1 aromatic carbocycles. The Morgan fingerprint density at radius 3 is 2.20 bits per heavy atom. The summed E-state index contributed by atoms with van der Waals surface area (Å²) >= 11 is 0. The highest BCUT2D eigenvalue weighted by Gasteiger charge is 2.41. The summed E-state index contributed by atoms with van der Waals surface area (Å²) in [4.78, 5) is 13.0. The van der Waals surface area contributed by atoms with Gasteiger partial charge in [0.1, 0.15) is 0 Å². The SMILES string of the molecule is COCC(CCC(C)C)(C(=O)c1ccccc1)C(C)C. The van der Waals surface area contributed by atoms with Crippen LogP contribution in [0.5, 0.6) is 0 Å². The van der Waals surface area contributed by atoms with Gasteiger partial charge in [-0.05, 0) is 24.7 Å². The summed E-state index contributed by atoms with van der Waals surface area (Å²) in [7, 11) is 1.69. The van der Waals surface area contributed by atoms with E-state index >= 15 is 0 Å². The van der Waals surface area contributed by atoms with E-state index in [0.717, 1.165) is 18.4 Å². The van der Waals surface area contributed by atoms with Crippen LogP contribution in [0.4, 0.5) is 0 Å². The predicted molar refractivity (Wildman–Crippen MR) is 84.0 cm³/mol. The van der Waals surface area contributed by atoms with Gasteiger partial charge in [-0.25, -0.2) is 0 Å². The lowest BCUT2D eigenvalue weighted by Crippen LogP contribution is -2.41. The number of Topliss-reactive ketones (excluding diaryl/α,β-unsaturated/α-hetero) is 1. The Bertz CT molecular complexity index is 409. The van der Waals surface area contributed by atoms with E-state index in [2.05, 4.69) is 27.7 Å². The first-order chi connectivity index (χ1) is 9.44. The summed E-state index contributed by atoms with van der Waals surface area (Å²) < 4.78 is 5.42. The minimum Gasteiger partial charge on any atom is -0.384 e. The van der Waals surface area contributed by atoms with Gasteiger partial charge < -0.3 is 4.74 Å². The zero-order valence-corrected chi connectivity index (χ0v) is 13.5. The van der Waals surface area contributed by atoms with Crippen molar-refractivity contribution in [1.82, 2.24) is 0 Å². The van der Waals surface area contributed by atoms with E-state index < -0.39 is 5.41 Å². The molecule has 2 nitrogen and oxygen atoms in total. The molecule has 1 unspecified atom stereocenters. The molecular weight excluding hydrogens is 248 g/mol. The number of methoxy groups -OCH3 is 1. The molecule has 0 radical (unpaired) electrons. The van der Waals surface area contributed by atoms with Crippen LogP contribution in [0.25, 0.3) is 0 Å². The van der Waals surface area contributed by atoms with Gasteiger partial charge in [0, 0.05) is 12.7 Å². The largest absolute Gasteiger partial charge is 0.384 e.